The second kappa shape index (κ2) is 8.85. The van der Waals surface area contributed by atoms with Crippen LogP contribution in [0.4, 0.5) is 5.69 Å². The van der Waals surface area contributed by atoms with Crippen LogP contribution in [0.25, 0.3) is 0 Å². The number of anilines is 1. The Morgan fingerprint density at radius 3 is 2.56 bits per heavy atom. The number of rotatable bonds is 6. The van der Waals surface area contributed by atoms with Crippen molar-refractivity contribution in [1.29, 1.82) is 0 Å². The minimum absolute atomic E-state index is 0.113. The summed E-state index contributed by atoms with van der Waals surface area (Å²) in [5, 5.41) is 2.85. The van der Waals surface area contributed by atoms with E-state index in [2.05, 4.69) is 19.2 Å². The van der Waals surface area contributed by atoms with Gasteiger partial charge >= 0.3 is 0 Å². The van der Waals surface area contributed by atoms with Gasteiger partial charge in [-0.1, -0.05) is 6.07 Å². The lowest BCUT2D eigenvalue weighted by molar-refractivity contribution is -0.862. The van der Waals surface area contributed by atoms with Gasteiger partial charge in [0.05, 0.1) is 14.2 Å². The van der Waals surface area contributed by atoms with Gasteiger partial charge in [0.15, 0.2) is 13.1 Å². The largest absolute Gasteiger partial charge is 0.497 e. The molecule has 1 aliphatic rings. The molecule has 0 saturated carbocycles. The minimum atomic E-state index is -0.113. The summed E-state index contributed by atoms with van der Waals surface area (Å²) in [5.74, 6) is 0.714. The second-order valence-corrected chi connectivity index (χ2v) is 7.02. The Morgan fingerprint density at radius 2 is 1.92 bits per heavy atom. The molecule has 6 nitrogen and oxygen atoms in total. The van der Waals surface area contributed by atoms with E-state index in [9.17, 15) is 9.59 Å². The molecular weight excluding hydrogens is 318 g/mol. The molecule has 2 N–H and O–H groups in total. The van der Waals surface area contributed by atoms with Crippen molar-refractivity contribution in [1.82, 2.24) is 4.90 Å². The second-order valence-electron chi connectivity index (χ2n) is 7.02. The molecule has 0 radical (unpaired) electrons. The van der Waals surface area contributed by atoms with Gasteiger partial charge in [0.2, 0.25) is 0 Å². The first-order valence-electron chi connectivity index (χ1n) is 8.97. The normalized spacial score (nSPS) is 21.5. The van der Waals surface area contributed by atoms with E-state index in [4.69, 9.17) is 4.74 Å². The number of hydrogen-bond donors (Lipinski definition) is 2. The zero-order chi connectivity index (χ0) is 18.4. The van der Waals surface area contributed by atoms with Gasteiger partial charge in [-0.3, -0.25) is 9.59 Å². The molecule has 1 fully saturated rings. The van der Waals surface area contributed by atoms with Crippen LogP contribution in [0, 0.1) is 0 Å². The third kappa shape index (κ3) is 5.46. The molecule has 2 amide bonds. The van der Waals surface area contributed by atoms with Crippen molar-refractivity contribution in [3.05, 3.63) is 24.3 Å². The van der Waals surface area contributed by atoms with Crippen LogP contribution < -0.4 is 15.0 Å². The number of carbonyl (C=O) groups is 2. The molecule has 0 bridgehead atoms. The predicted molar refractivity (Wildman–Crippen MR) is 97.9 cm³/mol. The summed E-state index contributed by atoms with van der Waals surface area (Å²) in [6.07, 6.45) is 3.30. The summed E-state index contributed by atoms with van der Waals surface area (Å²) in [6.45, 7) is 4.80. The highest BCUT2D eigenvalue weighted by atomic mass is 16.5. The third-order valence-electron chi connectivity index (χ3n) is 4.75. The zero-order valence-corrected chi connectivity index (χ0v) is 15.7. The van der Waals surface area contributed by atoms with Crippen LogP contribution in [0.2, 0.25) is 0 Å². The average molecular weight is 348 g/mol. The summed E-state index contributed by atoms with van der Waals surface area (Å²) in [7, 11) is 3.47. The van der Waals surface area contributed by atoms with Crippen LogP contribution in [0.5, 0.6) is 5.75 Å². The molecule has 138 valence electrons. The van der Waals surface area contributed by atoms with Gasteiger partial charge in [0, 0.05) is 23.8 Å². The van der Waals surface area contributed by atoms with Gasteiger partial charge in [0.1, 0.15) is 5.75 Å². The van der Waals surface area contributed by atoms with Gasteiger partial charge in [-0.05, 0) is 45.2 Å². The Bertz CT molecular complexity index is 595. The lowest BCUT2D eigenvalue weighted by Gasteiger charge is -2.39. The summed E-state index contributed by atoms with van der Waals surface area (Å²) < 4.78 is 5.15. The number of piperidine rings is 1. The van der Waals surface area contributed by atoms with E-state index in [-0.39, 0.29) is 30.4 Å². The smallest absolute Gasteiger partial charge is 0.279 e. The fraction of sp³-hybridized carbons (Fsp3) is 0.579. The monoisotopic (exact) mass is 348 g/mol. The molecule has 0 aliphatic carbocycles. The maximum Gasteiger partial charge on any atom is 0.279 e. The fourth-order valence-corrected chi connectivity index (χ4v) is 3.50. The van der Waals surface area contributed by atoms with Gasteiger partial charge in [-0.25, -0.2) is 0 Å². The van der Waals surface area contributed by atoms with Crippen LogP contribution in [-0.2, 0) is 9.59 Å². The first-order valence-corrected chi connectivity index (χ1v) is 8.97. The summed E-state index contributed by atoms with van der Waals surface area (Å²) in [4.78, 5) is 27.7. The zero-order valence-electron chi connectivity index (χ0n) is 15.7. The Kier molecular flexibility index (Phi) is 6.82. The molecule has 0 aromatic heterocycles. The predicted octanol–water partition coefficient (Wildman–Crippen LogP) is 0.938. The molecule has 1 saturated heterocycles. The quantitative estimate of drug-likeness (QED) is 0.804. The van der Waals surface area contributed by atoms with Crippen LogP contribution >= 0.6 is 0 Å². The highest BCUT2D eigenvalue weighted by molar-refractivity contribution is 5.91. The Balaban J connectivity index is 1.85. The molecule has 6 heteroatoms. The minimum Gasteiger partial charge on any atom is -0.497 e. The number of benzene rings is 1. The van der Waals surface area contributed by atoms with Crippen molar-refractivity contribution in [2.75, 3.05) is 32.6 Å². The van der Waals surface area contributed by atoms with E-state index in [1.165, 1.54) is 6.42 Å². The van der Waals surface area contributed by atoms with Crippen molar-refractivity contribution in [2.24, 2.45) is 0 Å². The summed E-state index contributed by atoms with van der Waals surface area (Å²) >= 11 is 0. The lowest BCUT2D eigenvalue weighted by atomic mass is 9.97. The molecular formula is C19H30N3O3+. The Hall–Kier alpha value is -2.08. The van der Waals surface area contributed by atoms with E-state index in [0.717, 1.165) is 17.7 Å². The number of likely N-dealkylation sites (N-methyl/N-ethyl adjacent to an activating group) is 1. The van der Waals surface area contributed by atoms with Crippen LogP contribution in [0.1, 0.15) is 33.1 Å². The van der Waals surface area contributed by atoms with Crippen molar-refractivity contribution in [2.45, 2.75) is 45.2 Å². The molecule has 3 atom stereocenters. The standard InChI is InChI=1S/C19H29N3O3/c1-14-7-5-8-15(2)22(14)19(24)13-21(3)12-18(23)20-16-9-6-10-17(11-16)25-4/h6,9-11,14-15H,5,7-8,12-13H2,1-4H3,(H,20,23)/p+1/t14-,15-/m0/s1. The fourth-order valence-electron chi connectivity index (χ4n) is 3.50. The number of quaternary nitrogens is 1. The van der Waals surface area contributed by atoms with Gasteiger partial charge in [-0.2, -0.15) is 0 Å². The van der Waals surface area contributed by atoms with E-state index in [0.29, 0.717) is 18.0 Å². The molecule has 0 spiro atoms. The van der Waals surface area contributed by atoms with Crippen molar-refractivity contribution >= 4 is 17.5 Å². The van der Waals surface area contributed by atoms with E-state index in [1.807, 2.05) is 30.1 Å². The number of carbonyl (C=O) groups excluding carboxylic acids is 2. The Labute approximate surface area is 150 Å². The number of likely N-dealkylation sites (tertiary alicyclic amines) is 1. The molecule has 1 aliphatic heterocycles. The SMILES string of the molecule is COc1cccc(NC(=O)C[NH+](C)CC(=O)N2[C@@H](C)CCC[C@@H]2C)c1. The highest BCUT2D eigenvalue weighted by Gasteiger charge is 2.30. The van der Waals surface area contributed by atoms with Crippen molar-refractivity contribution in [3.8, 4) is 5.75 Å². The Morgan fingerprint density at radius 1 is 1.24 bits per heavy atom. The molecule has 1 unspecified atom stereocenters. The van der Waals surface area contributed by atoms with Gasteiger partial charge in [-0.15, -0.1) is 0 Å². The number of amides is 2. The van der Waals surface area contributed by atoms with Crippen LogP contribution in [0.15, 0.2) is 24.3 Å². The van der Waals surface area contributed by atoms with E-state index >= 15 is 0 Å². The first kappa shape index (κ1) is 19.2. The highest BCUT2D eigenvalue weighted by Crippen LogP contribution is 2.22. The van der Waals surface area contributed by atoms with E-state index < -0.39 is 0 Å². The number of nitrogens with zero attached hydrogens (tertiary/aromatic N) is 1. The maximum absolute atomic E-state index is 12.6. The molecule has 25 heavy (non-hydrogen) atoms. The van der Waals surface area contributed by atoms with E-state index in [1.54, 1.807) is 13.2 Å². The van der Waals surface area contributed by atoms with Crippen molar-refractivity contribution < 1.29 is 19.2 Å². The molecule has 1 aromatic rings. The number of methoxy groups -OCH3 is 1. The van der Waals surface area contributed by atoms with Crippen LogP contribution in [0.3, 0.4) is 0 Å². The number of ether oxygens (including phenoxy) is 1. The molecule has 1 aromatic carbocycles. The topological polar surface area (TPSA) is 63.1 Å². The maximum atomic E-state index is 12.6. The average Bonchev–Trinajstić information content (AvgIpc) is 2.54. The summed E-state index contributed by atoms with van der Waals surface area (Å²) in [5.41, 5.74) is 0.696. The number of hydrogen-bond acceptors (Lipinski definition) is 3. The van der Waals surface area contributed by atoms with Gasteiger partial charge < -0.3 is 19.9 Å². The summed E-state index contributed by atoms with van der Waals surface area (Å²) in [6, 6.07) is 7.82. The number of nitrogens with one attached hydrogen (secondary N) is 2. The third-order valence-corrected chi connectivity index (χ3v) is 4.75. The van der Waals surface area contributed by atoms with Gasteiger partial charge in [0.25, 0.3) is 11.8 Å². The van der Waals surface area contributed by atoms with Crippen LogP contribution in [-0.4, -0.2) is 56.0 Å². The molecule has 1 heterocycles. The molecule has 2 rings (SSSR count). The first-order chi connectivity index (χ1) is 11.9. The van der Waals surface area contributed by atoms with Crippen molar-refractivity contribution in [3.63, 3.8) is 0 Å². The lowest BCUT2D eigenvalue weighted by Crippen LogP contribution is -3.11.